The first kappa shape index (κ1) is 41.7. The number of nitrogens with two attached hydrogens (primary N) is 1. The molecule has 9 nitrogen and oxygen atoms in total. The second kappa shape index (κ2) is 16.0. The summed E-state index contributed by atoms with van der Waals surface area (Å²) in [5.41, 5.74) is 6.65. The Morgan fingerprint density at radius 3 is 2.13 bits per heavy atom. The maximum absolute atomic E-state index is 14.4. The van der Waals surface area contributed by atoms with Crippen molar-refractivity contribution in [2.24, 2.45) is 62.4 Å². The molecular weight excluding hydrogens is 666 g/mol. The van der Waals surface area contributed by atoms with Gasteiger partial charge in [-0.3, -0.25) is 14.4 Å². The first-order valence-electron chi connectivity index (χ1n) is 21.3. The molecule has 0 aromatic carbocycles. The van der Waals surface area contributed by atoms with Crippen LogP contribution in [0, 0.1) is 56.7 Å². The Balaban J connectivity index is 1.14. The number of nitrogens with one attached hydrogen (secondary N) is 2. The molecule has 5 fully saturated rings. The van der Waals surface area contributed by atoms with Crippen LogP contribution in [0.3, 0.4) is 0 Å². The average Bonchev–Trinajstić information content (AvgIpc) is 3.49. The zero-order valence-corrected chi connectivity index (χ0v) is 34.0. The molecule has 0 aromatic rings. The van der Waals surface area contributed by atoms with Crippen molar-refractivity contribution in [2.45, 2.75) is 176 Å². The summed E-state index contributed by atoms with van der Waals surface area (Å²) >= 11 is 0. The molecule has 0 aromatic heterocycles. The minimum Gasteiger partial charge on any atom is -0.480 e. The van der Waals surface area contributed by atoms with Crippen molar-refractivity contribution < 1.29 is 29.4 Å². The fourth-order valence-electron chi connectivity index (χ4n) is 13.8. The molecule has 0 saturated heterocycles. The summed E-state index contributed by atoms with van der Waals surface area (Å²) in [4.78, 5) is 49.0. The van der Waals surface area contributed by atoms with Gasteiger partial charge in [0.15, 0.2) is 0 Å². The van der Waals surface area contributed by atoms with E-state index in [0.717, 1.165) is 70.6 Å². The number of aliphatic hydroxyl groups is 1. The normalized spacial score (nSPS) is 39.0. The molecule has 0 unspecified atom stereocenters. The first-order chi connectivity index (χ1) is 24.8. The van der Waals surface area contributed by atoms with Crippen LogP contribution in [0.1, 0.15) is 164 Å². The Morgan fingerprint density at radius 1 is 0.792 bits per heavy atom. The van der Waals surface area contributed by atoms with E-state index in [-0.39, 0.29) is 64.3 Å². The standard InChI is InChI=1S/C44H73N3O6/c1-28(2)29-19-24-44(39(53)46-27-13-11-9-8-10-12-14-36(50)47-31(38(51)52)16-18-35(45)49)26-25-42(6)30(37(29)44)15-17-33-41(5)22-21-34(48)40(3,4)32(41)20-23-43(33,42)7/h29-34,37,48H,1,8-27H2,2-7H3,(H2,45,49)(H,46,53)(H,47,50)(H,51,52)/t29-,30+,31-,32-,33+,34-,37+,41-,42+,43+,44-/m0/s1. The third-order valence-electron chi connectivity index (χ3n) is 16.9. The van der Waals surface area contributed by atoms with E-state index >= 15 is 0 Å². The van der Waals surface area contributed by atoms with E-state index in [1.165, 1.54) is 31.3 Å². The van der Waals surface area contributed by atoms with Gasteiger partial charge in [0.2, 0.25) is 17.7 Å². The van der Waals surface area contributed by atoms with Crippen LogP contribution in [0.2, 0.25) is 0 Å². The van der Waals surface area contributed by atoms with Crippen LogP contribution in [0.25, 0.3) is 0 Å². The predicted octanol–water partition coefficient (Wildman–Crippen LogP) is 7.69. The van der Waals surface area contributed by atoms with Crippen LogP contribution in [0.15, 0.2) is 12.2 Å². The highest BCUT2D eigenvalue weighted by Crippen LogP contribution is 2.77. The van der Waals surface area contributed by atoms with Gasteiger partial charge in [-0.1, -0.05) is 72.5 Å². The summed E-state index contributed by atoms with van der Waals surface area (Å²) in [6.07, 6.45) is 16.5. The Labute approximate surface area is 319 Å². The number of aliphatic carboxylic acids is 1. The second-order valence-electron chi connectivity index (χ2n) is 19.8. The van der Waals surface area contributed by atoms with E-state index in [0.29, 0.717) is 42.6 Å². The highest BCUT2D eigenvalue weighted by molar-refractivity contribution is 5.84. The number of hydrogen-bond donors (Lipinski definition) is 5. The number of carboxylic acids is 1. The Morgan fingerprint density at radius 2 is 1.47 bits per heavy atom. The Kier molecular flexibility index (Phi) is 12.6. The van der Waals surface area contributed by atoms with E-state index < -0.39 is 17.9 Å². The van der Waals surface area contributed by atoms with E-state index in [4.69, 9.17) is 5.73 Å². The number of allylic oxidation sites excluding steroid dienone is 1. The quantitative estimate of drug-likeness (QED) is 0.0807. The SMILES string of the molecule is C=C(C)[C@@H]1CC[C@]2(C(=O)NCCCCCCCCC(=O)N[C@@H](CCC(N)=O)C(=O)O)CC[C@]3(C)[C@H](CC[C@@H]4[C@@]5(C)CC[C@H](O)C(C)(C)[C@@H]5CC[C@]43C)[C@@H]12. The molecule has 5 aliphatic carbocycles. The Bertz CT molecular complexity index is 1400. The third-order valence-corrected chi connectivity index (χ3v) is 16.9. The Hall–Kier alpha value is -2.42. The van der Waals surface area contributed by atoms with Crippen LogP contribution in [0.5, 0.6) is 0 Å². The number of fused-ring (bicyclic) bond motifs is 7. The summed E-state index contributed by atoms with van der Waals surface area (Å²) in [7, 11) is 0. The number of amides is 3. The van der Waals surface area contributed by atoms with Gasteiger partial charge in [0.1, 0.15) is 6.04 Å². The lowest BCUT2D eigenvalue weighted by Gasteiger charge is -2.72. The van der Waals surface area contributed by atoms with Crippen molar-refractivity contribution in [1.29, 1.82) is 0 Å². The van der Waals surface area contributed by atoms with Crippen LogP contribution in [0.4, 0.5) is 0 Å². The molecule has 0 radical (unpaired) electrons. The molecule has 9 heteroatoms. The van der Waals surface area contributed by atoms with Crippen molar-refractivity contribution >= 4 is 23.7 Å². The number of carbonyl (C=O) groups excluding carboxylic acids is 3. The van der Waals surface area contributed by atoms with Crippen molar-refractivity contribution in [3.05, 3.63) is 12.2 Å². The van der Waals surface area contributed by atoms with E-state index in [2.05, 4.69) is 58.8 Å². The molecule has 300 valence electrons. The van der Waals surface area contributed by atoms with Gasteiger partial charge in [0, 0.05) is 19.4 Å². The fraction of sp³-hybridized carbons (Fsp3) is 0.864. The molecular formula is C44H73N3O6. The van der Waals surface area contributed by atoms with Gasteiger partial charge in [0.25, 0.3) is 0 Å². The molecule has 5 aliphatic rings. The number of unbranched alkanes of at least 4 members (excludes halogenated alkanes) is 5. The molecule has 5 saturated carbocycles. The topological polar surface area (TPSA) is 159 Å². The number of aliphatic hydroxyl groups excluding tert-OH is 1. The van der Waals surface area contributed by atoms with Crippen LogP contribution in [-0.4, -0.2) is 52.6 Å². The zero-order valence-electron chi connectivity index (χ0n) is 34.0. The zero-order chi connectivity index (χ0) is 39.0. The number of hydrogen-bond acceptors (Lipinski definition) is 5. The molecule has 6 N–H and O–H groups in total. The monoisotopic (exact) mass is 740 g/mol. The summed E-state index contributed by atoms with van der Waals surface area (Å²) in [5.74, 6) is 0.668. The number of rotatable bonds is 16. The molecule has 0 spiro atoms. The summed E-state index contributed by atoms with van der Waals surface area (Å²) in [6, 6.07) is -1.10. The van der Waals surface area contributed by atoms with Crippen molar-refractivity contribution in [2.75, 3.05) is 6.54 Å². The van der Waals surface area contributed by atoms with Gasteiger partial charge in [0.05, 0.1) is 11.5 Å². The third kappa shape index (κ3) is 7.59. The predicted molar refractivity (Wildman–Crippen MR) is 208 cm³/mol. The van der Waals surface area contributed by atoms with E-state index in [1.54, 1.807) is 0 Å². The number of carboxylic acid groups (broad SMARTS) is 1. The molecule has 0 bridgehead atoms. The minimum atomic E-state index is -1.16. The molecule has 5 rings (SSSR count). The van der Waals surface area contributed by atoms with Crippen molar-refractivity contribution in [1.82, 2.24) is 10.6 Å². The highest BCUT2D eigenvalue weighted by atomic mass is 16.4. The van der Waals surface area contributed by atoms with E-state index in [1.807, 2.05) is 0 Å². The minimum absolute atomic E-state index is 0.00530. The lowest BCUT2D eigenvalue weighted by Crippen LogP contribution is -2.67. The summed E-state index contributed by atoms with van der Waals surface area (Å²) in [6.45, 7) is 19.9. The van der Waals surface area contributed by atoms with Crippen molar-refractivity contribution in [3.8, 4) is 0 Å². The van der Waals surface area contributed by atoms with Gasteiger partial charge in [-0.15, -0.1) is 0 Å². The summed E-state index contributed by atoms with van der Waals surface area (Å²) < 4.78 is 0. The van der Waals surface area contributed by atoms with Crippen LogP contribution in [-0.2, 0) is 19.2 Å². The number of primary amides is 1. The molecule has 0 aliphatic heterocycles. The smallest absolute Gasteiger partial charge is 0.326 e. The van der Waals surface area contributed by atoms with Gasteiger partial charge in [-0.05, 0) is 142 Å². The van der Waals surface area contributed by atoms with Gasteiger partial charge >= 0.3 is 5.97 Å². The average molecular weight is 740 g/mol. The van der Waals surface area contributed by atoms with Gasteiger partial charge < -0.3 is 26.6 Å². The lowest BCUT2D eigenvalue weighted by molar-refractivity contribution is -0.246. The highest BCUT2D eigenvalue weighted by Gasteiger charge is 2.71. The first-order valence-corrected chi connectivity index (χ1v) is 21.3. The second-order valence-corrected chi connectivity index (χ2v) is 19.8. The van der Waals surface area contributed by atoms with Gasteiger partial charge in [-0.2, -0.15) is 0 Å². The molecule has 0 heterocycles. The largest absolute Gasteiger partial charge is 0.480 e. The maximum Gasteiger partial charge on any atom is 0.326 e. The van der Waals surface area contributed by atoms with E-state index in [9.17, 15) is 29.4 Å². The van der Waals surface area contributed by atoms with Crippen molar-refractivity contribution in [3.63, 3.8) is 0 Å². The molecule has 53 heavy (non-hydrogen) atoms. The molecule has 11 atom stereocenters. The van der Waals surface area contributed by atoms with Crippen LogP contribution < -0.4 is 16.4 Å². The fourth-order valence-corrected chi connectivity index (χ4v) is 13.8. The number of carbonyl (C=O) groups is 4. The lowest BCUT2D eigenvalue weighted by atomic mass is 9.32. The molecule has 3 amide bonds. The summed E-state index contributed by atoms with van der Waals surface area (Å²) in [5, 5.41) is 26.3. The van der Waals surface area contributed by atoms with Gasteiger partial charge in [-0.25, -0.2) is 4.79 Å². The van der Waals surface area contributed by atoms with Crippen LogP contribution >= 0.6 is 0 Å². The maximum atomic E-state index is 14.4.